The Balaban J connectivity index is 2.23. The summed E-state index contributed by atoms with van der Waals surface area (Å²) < 4.78 is 13.7. The predicted molar refractivity (Wildman–Crippen MR) is 76.5 cm³/mol. The van der Waals surface area contributed by atoms with Crippen LogP contribution in [0.2, 0.25) is 10.2 Å². The number of hydrogen-bond acceptors (Lipinski definition) is 2. The van der Waals surface area contributed by atoms with Crippen LogP contribution < -0.4 is 0 Å². The molecule has 0 radical (unpaired) electrons. The molecular weight excluding hydrogens is 302 g/mol. The lowest BCUT2D eigenvalue weighted by molar-refractivity contribution is 0.0783. The van der Waals surface area contributed by atoms with Crippen molar-refractivity contribution in [3.8, 4) is 0 Å². The molecule has 0 saturated carbocycles. The fourth-order valence-corrected chi connectivity index (χ4v) is 2.17. The molecule has 1 aromatic carbocycles. The van der Waals surface area contributed by atoms with Crippen molar-refractivity contribution < 1.29 is 9.18 Å². The van der Waals surface area contributed by atoms with Crippen LogP contribution in [-0.2, 0) is 6.54 Å². The maximum atomic E-state index is 13.7. The molecule has 0 saturated heterocycles. The number of aromatic nitrogens is 1. The molecule has 0 unspecified atom stereocenters. The van der Waals surface area contributed by atoms with Gasteiger partial charge in [0.25, 0.3) is 5.91 Å². The second-order valence-electron chi connectivity index (χ2n) is 4.20. The van der Waals surface area contributed by atoms with E-state index >= 15 is 0 Å². The Morgan fingerprint density at radius 2 is 2.05 bits per heavy atom. The summed E-state index contributed by atoms with van der Waals surface area (Å²) in [7, 11) is 1.55. The molecule has 0 N–H and O–H groups in total. The fourth-order valence-electron chi connectivity index (χ4n) is 1.74. The van der Waals surface area contributed by atoms with E-state index in [0.29, 0.717) is 0 Å². The van der Waals surface area contributed by atoms with Gasteiger partial charge in [0, 0.05) is 30.4 Å². The van der Waals surface area contributed by atoms with Crippen molar-refractivity contribution in [1.82, 2.24) is 9.88 Å². The number of halogens is 3. The number of benzene rings is 1. The van der Waals surface area contributed by atoms with E-state index < -0.39 is 5.82 Å². The first-order chi connectivity index (χ1) is 9.50. The molecular formula is C14H11Cl2FN2O. The van der Waals surface area contributed by atoms with Gasteiger partial charge in [-0.1, -0.05) is 29.3 Å². The zero-order chi connectivity index (χ0) is 14.7. The van der Waals surface area contributed by atoms with Gasteiger partial charge >= 0.3 is 0 Å². The minimum absolute atomic E-state index is 0.0512. The average molecular weight is 313 g/mol. The van der Waals surface area contributed by atoms with Crippen LogP contribution in [0, 0.1) is 5.82 Å². The summed E-state index contributed by atoms with van der Waals surface area (Å²) in [6, 6.07) is 7.58. The molecule has 0 aliphatic carbocycles. The zero-order valence-corrected chi connectivity index (χ0v) is 12.1. The number of carbonyl (C=O) groups is 1. The van der Waals surface area contributed by atoms with Gasteiger partial charge in [-0.2, -0.15) is 0 Å². The Labute approximate surface area is 125 Å². The number of rotatable bonds is 3. The Morgan fingerprint density at radius 3 is 2.70 bits per heavy atom. The van der Waals surface area contributed by atoms with Crippen LogP contribution in [0.25, 0.3) is 0 Å². The third-order valence-electron chi connectivity index (χ3n) is 2.79. The Morgan fingerprint density at radius 1 is 1.30 bits per heavy atom. The van der Waals surface area contributed by atoms with E-state index in [1.807, 2.05) is 0 Å². The molecule has 1 heterocycles. The van der Waals surface area contributed by atoms with Crippen LogP contribution in [0.15, 0.2) is 36.5 Å². The van der Waals surface area contributed by atoms with Gasteiger partial charge in [0.05, 0.1) is 5.56 Å². The Hall–Kier alpha value is -1.65. The van der Waals surface area contributed by atoms with Crippen molar-refractivity contribution in [2.75, 3.05) is 7.05 Å². The maximum Gasteiger partial charge on any atom is 0.257 e. The van der Waals surface area contributed by atoms with E-state index in [2.05, 4.69) is 4.98 Å². The van der Waals surface area contributed by atoms with Crippen molar-refractivity contribution in [1.29, 1.82) is 0 Å². The second-order valence-corrected chi connectivity index (χ2v) is 4.97. The van der Waals surface area contributed by atoms with E-state index in [1.54, 1.807) is 25.2 Å². The maximum absolute atomic E-state index is 13.7. The van der Waals surface area contributed by atoms with Crippen molar-refractivity contribution in [2.24, 2.45) is 0 Å². The lowest BCUT2D eigenvalue weighted by Crippen LogP contribution is -2.27. The summed E-state index contributed by atoms with van der Waals surface area (Å²) in [6.07, 6.45) is 1.49. The molecule has 0 spiro atoms. The molecule has 20 heavy (non-hydrogen) atoms. The third-order valence-corrected chi connectivity index (χ3v) is 3.45. The van der Waals surface area contributed by atoms with Gasteiger partial charge in [-0.25, -0.2) is 9.37 Å². The molecule has 0 atom stereocenters. The van der Waals surface area contributed by atoms with E-state index in [-0.39, 0.29) is 33.8 Å². The molecule has 0 bridgehead atoms. The largest absolute Gasteiger partial charge is 0.337 e. The van der Waals surface area contributed by atoms with Gasteiger partial charge in [-0.3, -0.25) is 4.79 Å². The molecule has 0 fully saturated rings. The van der Waals surface area contributed by atoms with Gasteiger partial charge in [-0.15, -0.1) is 0 Å². The smallest absolute Gasteiger partial charge is 0.257 e. The van der Waals surface area contributed by atoms with Crippen molar-refractivity contribution in [2.45, 2.75) is 6.54 Å². The monoisotopic (exact) mass is 312 g/mol. The number of amides is 1. The molecule has 104 valence electrons. The molecule has 2 aromatic rings. The van der Waals surface area contributed by atoms with Crippen LogP contribution in [0.1, 0.15) is 15.9 Å². The predicted octanol–water partition coefficient (Wildman–Crippen LogP) is 3.80. The molecule has 3 nitrogen and oxygen atoms in total. The summed E-state index contributed by atoms with van der Waals surface area (Å²) in [5.74, 6) is -0.795. The van der Waals surface area contributed by atoms with E-state index in [0.717, 1.165) is 0 Å². The summed E-state index contributed by atoms with van der Waals surface area (Å²) in [5.41, 5.74) is 0.536. The standard InChI is InChI=1S/C14H11Cl2FN2O/c1-19(8-10-11(15)5-2-6-12(10)17)14(20)9-4-3-7-18-13(9)16/h2-7H,8H2,1H3. The fraction of sp³-hybridized carbons (Fsp3) is 0.143. The van der Waals surface area contributed by atoms with Crippen LogP contribution >= 0.6 is 23.2 Å². The Bertz CT molecular complexity index is 629. The van der Waals surface area contributed by atoms with Gasteiger partial charge in [0.1, 0.15) is 11.0 Å². The summed E-state index contributed by atoms with van der Waals surface area (Å²) in [6.45, 7) is 0.0512. The van der Waals surface area contributed by atoms with Crippen LogP contribution in [0.4, 0.5) is 4.39 Å². The number of carbonyl (C=O) groups excluding carboxylic acids is 1. The summed E-state index contributed by atoms with van der Waals surface area (Å²) in [4.78, 5) is 17.4. The summed E-state index contributed by atoms with van der Waals surface area (Å²) >= 11 is 11.8. The highest BCUT2D eigenvalue weighted by Crippen LogP contribution is 2.22. The average Bonchev–Trinajstić information content (AvgIpc) is 2.42. The lowest BCUT2D eigenvalue weighted by atomic mass is 10.2. The quantitative estimate of drug-likeness (QED) is 0.808. The summed E-state index contributed by atoms with van der Waals surface area (Å²) in [5, 5.41) is 0.394. The second kappa shape index (κ2) is 6.20. The van der Waals surface area contributed by atoms with Gasteiger partial charge < -0.3 is 4.90 Å². The minimum atomic E-state index is -0.450. The van der Waals surface area contributed by atoms with E-state index in [9.17, 15) is 9.18 Å². The van der Waals surface area contributed by atoms with Crippen LogP contribution in [0.3, 0.4) is 0 Å². The number of pyridine rings is 1. The van der Waals surface area contributed by atoms with Crippen LogP contribution in [0.5, 0.6) is 0 Å². The molecule has 0 aliphatic heterocycles. The van der Waals surface area contributed by atoms with Crippen molar-refractivity contribution in [3.63, 3.8) is 0 Å². The molecule has 2 rings (SSSR count). The third kappa shape index (κ3) is 3.08. The van der Waals surface area contributed by atoms with Gasteiger partial charge in [0.15, 0.2) is 0 Å². The molecule has 6 heteroatoms. The van der Waals surface area contributed by atoms with E-state index in [4.69, 9.17) is 23.2 Å². The van der Waals surface area contributed by atoms with Crippen molar-refractivity contribution >= 4 is 29.1 Å². The molecule has 1 aromatic heterocycles. The normalized spacial score (nSPS) is 10.4. The van der Waals surface area contributed by atoms with Crippen molar-refractivity contribution in [3.05, 3.63) is 63.6 Å². The SMILES string of the molecule is CN(Cc1c(F)cccc1Cl)C(=O)c1cccnc1Cl. The molecule has 0 aliphatic rings. The van der Waals surface area contributed by atoms with Gasteiger partial charge in [-0.05, 0) is 24.3 Å². The van der Waals surface area contributed by atoms with Gasteiger partial charge in [0.2, 0.25) is 0 Å². The first kappa shape index (κ1) is 14.8. The highest BCUT2D eigenvalue weighted by molar-refractivity contribution is 6.32. The highest BCUT2D eigenvalue weighted by Gasteiger charge is 2.18. The number of hydrogen-bond donors (Lipinski definition) is 0. The van der Waals surface area contributed by atoms with Crippen LogP contribution in [-0.4, -0.2) is 22.8 Å². The highest BCUT2D eigenvalue weighted by atomic mass is 35.5. The number of nitrogens with zero attached hydrogens (tertiary/aromatic N) is 2. The van der Waals surface area contributed by atoms with E-state index in [1.165, 1.54) is 23.2 Å². The Kier molecular flexibility index (Phi) is 4.57. The first-order valence-corrected chi connectivity index (χ1v) is 6.55. The first-order valence-electron chi connectivity index (χ1n) is 5.79. The lowest BCUT2D eigenvalue weighted by Gasteiger charge is -2.18. The zero-order valence-electron chi connectivity index (χ0n) is 10.6. The minimum Gasteiger partial charge on any atom is -0.337 e. The topological polar surface area (TPSA) is 33.2 Å². The molecule has 1 amide bonds.